The van der Waals surface area contributed by atoms with Gasteiger partial charge < -0.3 is 10.2 Å². The molecule has 5 nitrogen and oxygen atoms in total. The molecule has 0 aliphatic carbocycles. The summed E-state index contributed by atoms with van der Waals surface area (Å²) in [6.07, 6.45) is 1.48. The Kier molecular flexibility index (Phi) is 4.94. The molecule has 0 unspecified atom stereocenters. The lowest BCUT2D eigenvalue weighted by atomic mass is 10.1. The van der Waals surface area contributed by atoms with Crippen LogP contribution < -0.4 is 0 Å². The summed E-state index contributed by atoms with van der Waals surface area (Å²) in [6.45, 7) is 0.0405. The van der Waals surface area contributed by atoms with Gasteiger partial charge >= 0.3 is 0 Å². The highest BCUT2D eigenvalue weighted by Crippen LogP contribution is 2.35. The van der Waals surface area contributed by atoms with Crippen LogP contribution in [0.15, 0.2) is 41.3 Å². The molecule has 1 fully saturated rings. The lowest BCUT2D eigenvalue weighted by molar-refractivity contribution is -0.123. The van der Waals surface area contributed by atoms with Gasteiger partial charge in [0, 0.05) is 10.0 Å². The molecule has 1 aliphatic rings. The minimum atomic E-state index is -0.450. The summed E-state index contributed by atoms with van der Waals surface area (Å²) < 4.78 is 0. The van der Waals surface area contributed by atoms with Crippen LogP contribution in [0.1, 0.15) is 11.1 Å². The van der Waals surface area contributed by atoms with E-state index in [1.165, 1.54) is 24.3 Å². The number of hydrogen-bond acceptors (Lipinski definition) is 5. The van der Waals surface area contributed by atoms with Gasteiger partial charge in [-0.1, -0.05) is 35.3 Å². The normalized spacial score (nSPS) is 16.1. The number of rotatable bonds is 3. The molecule has 0 bridgehead atoms. The zero-order valence-corrected chi connectivity index (χ0v) is 14.9. The van der Waals surface area contributed by atoms with Crippen LogP contribution in [0.3, 0.4) is 0 Å². The predicted octanol–water partition coefficient (Wildman–Crippen LogP) is 4.64. The van der Waals surface area contributed by atoms with E-state index in [-0.39, 0.29) is 22.9 Å². The quantitative estimate of drug-likeness (QED) is 0.584. The molecule has 8 heteroatoms. The van der Waals surface area contributed by atoms with E-state index in [0.717, 1.165) is 16.7 Å². The Bertz CT molecular complexity index is 914. The standard InChI is InChI=1S/C17H11Cl2NO4S/c18-11-3-2-10(12(19)7-11)8-20-16(23)15(25-17(20)24)6-9-1-4-13(21)14(22)5-9/h1-7,21-22H,8H2. The number of carbonyl (C=O) groups is 2. The Balaban J connectivity index is 1.84. The summed E-state index contributed by atoms with van der Waals surface area (Å²) in [5.41, 5.74) is 1.10. The van der Waals surface area contributed by atoms with Crippen molar-refractivity contribution in [1.29, 1.82) is 0 Å². The highest BCUT2D eigenvalue weighted by atomic mass is 35.5. The summed E-state index contributed by atoms with van der Waals surface area (Å²) in [5.74, 6) is -1.02. The van der Waals surface area contributed by atoms with E-state index in [4.69, 9.17) is 23.2 Å². The molecule has 0 spiro atoms. The van der Waals surface area contributed by atoms with Crippen LogP contribution in [0.4, 0.5) is 4.79 Å². The summed E-state index contributed by atoms with van der Waals surface area (Å²) in [4.78, 5) is 26.0. The summed E-state index contributed by atoms with van der Waals surface area (Å²) >= 11 is 12.7. The van der Waals surface area contributed by atoms with Crippen molar-refractivity contribution in [2.75, 3.05) is 0 Å². The molecule has 2 aromatic rings. The number of imide groups is 1. The van der Waals surface area contributed by atoms with E-state index in [1.54, 1.807) is 18.2 Å². The molecule has 1 aliphatic heterocycles. The molecule has 128 valence electrons. The topological polar surface area (TPSA) is 77.8 Å². The van der Waals surface area contributed by atoms with Crippen LogP contribution in [0, 0.1) is 0 Å². The van der Waals surface area contributed by atoms with Gasteiger partial charge in [0.1, 0.15) is 0 Å². The van der Waals surface area contributed by atoms with Crippen molar-refractivity contribution in [2.45, 2.75) is 6.54 Å². The number of hydrogen-bond donors (Lipinski definition) is 2. The highest BCUT2D eigenvalue weighted by Gasteiger charge is 2.35. The summed E-state index contributed by atoms with van der Waals surface area (Å²) in [6, 6.07) is 8.98. The van der Waals surface area contributed by atoms with Gasteiger partial charge in [0.25, 0.3) is 11.1 Å². The third-order valence-electron chi connectivity index (χ3n) is 3.51. The van der Waals surface area contributed by atoms with Gasteiger partial charge in [0.05, 0.1) is 11.4 Å². The van der Waals surface area contributed by atoms with Crippen LogP contribution in [0.5, 0.6) is 11.5 Å². The first-order valence-corrected chi connectivity index (χ1v) is 8.63. The van der Waals surface area contributed by atoms with Crippen LogP contribution in [-0.2, 0) is 11.3 Å². The Morgan fingerprint density at radius 1 is 1.04 bits per heavy atom. The molecule has 2 amide bonds. The number of halogens is 2. The largest absolute Gasteiger partial charge is 0.504 e. The smallest absolute Gasteiger partial charge is 0.293 e. The second-order valence-electron chi connectivity index (χ2n) is 5.25. The van der Waals surface area contributed by atoms with Crippen molar-refractivity contribution in [1.82, 2.24) is 4.90 Å². The molecular formula is C17H11Cl2NO4S. The molecule has 0 saturated carbocycles. The zero-order valence-electron chi connectivity index (χ0n) is 12.6. The second-order valence-corrected chi connectivity index (χ2v) is 7.09. The maximum absolute atomic E-state index is 12.5. The molecule has 0 radical (unpaired) electrons. The Labute approximate surface area is 157 Å². The van der Waals surface area contributed by atoms with Gasteiger partial charge in [0.2, 0.25) is 0 Å². The molecule has 2 aromatic carbocycles. The Morgan fingerprint density at radius 2 is 1.80 bits per heavy atom. The van der Waals surface area contributed by atoms with E-state index in [2.05, 4.69) is 0 Å². The number of benzene rings is 2. The Morgan fingerprint density at radius 3 is 2.48 bits per heavy atom. The molecular weight excluding hydrogens is 385 g/mol. The maximum atomic E-state index is 12.5. The van der Waals surface area contributed by atoms with Gasteiger partial charge in [-0.3, -0.25) is 14.5 Å². The summed E-state index contributed by atoms with van der Waals surface area (Å²) in [5, 5.41) is 19.3. The third-order valence-corrected chi connectivity index (χ3v) is 5.01. The van der Waals surface area contributed by atoms with Gasteiger partial charge in [-0.2, -0.15) is 0 Å². The van der Waals surface area contributed by atoms with Crippen molar-refractivity contribution < 1.29 is 19.8 Å². The minimum absolute atomic E-state index is 0.0405. The summed E-state index contributed by atoms with van der Waals surface area (Å²) in [7, 11) is 0. The number of phenols is 2. The molecule has 1 saturated heterocycles. The van der Waals surface area contributed by atoms with E-state index in [0.29, 0.717) is 21.2 Å². The molecule has 25 heavy (non-hydrogen) atoms. The van der Waals surface area contributed by atoms with Crippen LogP contribution in [0.2, 0.25) is 10.0 Å². The first kappa shape index (κ1) is 17.7. The van der Waals surface area contributed by atoms with Gasteiger partial charge in [-0.15, -0.1) is 0 Å². The fourth-order valence-electron chi connectivity index (χ4n) is 2.24. The van der Waals surface area contributed by atoms with Crippen molar-refractivity contribution >= 4 is 52.2 Å². The maximum Gasteiger partial charge on any atom is 0.293 e. The molecule has 2 N–H and O–H groups in total. The van der Waals surface area contributed by atoms with Gasteiger partial charge in [-0.25, -0.2) is 0 Å². The van der Waals surface area contributed by atoms with Gasteiger partial charge in [0.15, 0.2) is 11.5 Å². The first-order valence-electron chi connectivity index (χ1n) is 7.06. The van der Waals surface area contributed by atoms with E-state index < -0.39 is 11.1 Å². The average Bonchev–Trinajstić information content (AvgIpc) is 2.81. The fraction of sp³-hybridized carbons (Fsp3) is 0.0588. The van der Waals surface area contributed by atoms with Crippen molar-refractivity contribution in [3.05, 3.63) is 62.5 Å². The van der Waals surface area contributed by atoms with E-state index in [9.17, 15) is 19.8 Å². The van der Waals surface area contributed by atoms with E-state index >= 15 is 0 Å². The van der Waals surface area contributed by atoms with Crippen molar-refractivity contribution in [3.8, 4) is 11.5 Å². The molecule has 3 rings (SSSR count). The lowest BCUT2D eigenvalue weighted by Crippen LogP contribution is -2.27. The monoisotopic (exact) mass is 395 g/mol. The number of phenolic OH excluding ortho intramolecular Hbond substituents is 2. The predicted molar refractivity (Wildman–Crippen MR) is 97.7 cm³/mol. The van der Waals surface area contributed by atoms with Crippen LogP contribution in [-0.4, -0.2) is 26.3 Å². The first-order chi connectivity index (χ1) is 11.8. The highest BCUT2D eigenvalue weighted by molar-refractivity contribution is 8.18. The molecule has 0 atom stereocenters. The second kappa shape index (κ2) is 7.00. The van der Waals surface area contributed by atoms with Crippen LogP contribution >= 0.6 is 35.0 Å². The number of nitrogens with zero attached hydrogens (tertiary/aromatic N) is 1. The van der Waals surface area contributed by atoms with Crippen molar-refractivity contribution in [2.24, 2.45) is 0 Å². The lowest BCUT2D eigenvalue weighted by Gasteiger charge is -2.13. The average molecular weight is 396 g/mol. The van der Waals surface area contributed by atoms with Gasteiger partial charge in [-0.05, 0) is 53.2 Å². The molecule has 1 heterocycles. The fourth-order valence-corrected chi connectivity index (χ4v) is 3.54. The molecule has 0 aromatic heterocycles. The zero-order chi connectivity index (χ0) is 18.1. The SMILES string of the molecule is O=C1SC(=Cc2ccc(O)c(O)c2)C(=O)N1Cc1ccc(Cl)cc1Cl. The van der Waals surface area contributed by atoms with E-state index in [1.807, 2.05) is 0 Å². The third kappa shape index (κ3) is 3.76. The number of thioether (sulfide) groups is 1. The number of aromatic hydroxyl groups is 2. The number of carbonyl (C=O) groups excluding carboxylic acids is 2. The van der Waals surface area contributed by atoms with Crippen LogP contribution in [0.25, 0.3) is 6.08 Å². The number of amides is 2. The Hall–Kier alpha value is -2.15. The van der Waals surface area contributed by atoms with Crippen molar-refractivity contribution in [3.63, 3.8) is 0 Å². The minimum Gasteiger partial charge on any atom is -0.504 e.